The molecule has 2 aromatic rings. The molecule has 0 fully saturated rings. The highest BCUT2D eigenvalue weighted by atomic mass is 35.5. The Kier molecular flexibility index (Phi) is 3.36. The lowest BCUT2D eigenvalue weighted by atomic mass is 10.2. The number of fused-ring (bicyclic) bond motifs is 1. The highest BCUT2D eigenvalue weighted by Gasteiger charge is 2.22. The summed E-state index contributed by atoms with van der Waals surface area (Å²) in [4.78, 5) is 0. The standard InChI is InChI=1S/C10H8Cl2N6S/c1-13-3-5-4-14-17-18(5)10-7(12)2-6(11)8-9(10)16-19-15-8/h2,4,13H,3H2,1H3. The lowest BCUT2D eigenvalue weighted by molar-refractivity contribution is 0.715. The average molecular weight is 315 g/mol. The van der Waals surface area contributed by atoms with Gasteiger partial charge in [0.1, 0.15) is 17.1 Å². The molecule has 2 heterocycles. The van der Waals surface area contributed by atoms with Crippen LogP contribution in [0.3, 0.4) is 0 Å². The summed E-state index contributed by atoms with van der Waals surface area (Å²) in [7, 11) is 1.85. The van der Waals surface area contributed by atoms with Gasteiger partial charge >= 0.3 is 0 Å². The summed E-state index contributed by atoms with van der Waals surface area (Å²) in [5.74, 6) is 0. The molecule has 1 aliphatic rings. The third-order valence-corrected chi connectivity index (χ3v) is 3.71. The molecule has 0 spiro atoms. The summed E-state index contributed by atoms with van der Waals surface area (Å²) in [6, 6.07) is 1.65. The number of hydrogen-bond donors (Lipinski definition) is 1. The van der Waals surface area contributed by atoms with Crippen LogP contribution in [0.1, 0.15) is 5.69 Å². The zero-order valence-corrected chi connectivity index (χ0v) is 12.1. The van der Waals surface area contributed by atoms with Crippen LogP contribution in [-0.4, -0.2) is 22.0 Å². The Hall–Kier alpha value is -1.28. The summed E-state index contributed by atoms with van der Waals surface area (Å²) < 4.78 is 10.1. The van der Waals surface area contributed by atoms with Crippen LogP contribution in [0.25, 0.3) is 5.69 Å². The largest absolute Gasteiger partial charge is 0.314 e. The van der Waals surface area contributed by atoms with Gasteiger partial charge in [0.15, 0.2) is 0 Å². The van der Waals surface area contributed by atoms with Crippen LogP contribution in [0.2, 0.25) is 10.0 Å². The van der Waals surface area contributed by atoms with Crippen LogP contribution in [0.15, 0.2) is 21.0 Å². The van der Waals surface area contributed by atoms with Gasteiger partial charge in [0, 0.05) is 6.54 Å². The molecular weight excluding hydrogens is 307 g/mol. The van der Waals surface area contributed by atoms with E-state index in [0.29, 0.717) is 33.7 Å². The van der Waals surface area contributed by atoms with Crippen LogP contribution in [-0.2, 0) is 17.9 Å². The van der Waals surface area contributed by atoms with E-state index in [-0.39, 0.29) is 0 Å². The fraction of sp³-hybridized carbons (Fsp3) is 0.200. The summed E-state index contributed by atoms with van der Waals surface area (Å²) >= 11 is 13.5. The van der Waals surface area contributed by atoms with Crippen molar-refractivity contribution in [2.24, 2.45) is 8.73 Å². The van der Waals surface area contributed by atoms with Crippen molar-refractivity contribution in [3.8, 4) is 5.69 Å². The number of benzene rings is 1. The number of halogens is 2. The highest BCUT2D eigenvalue weighted by molar-refractivity contribution is 7.58. The minimum absolute atomic E-state index is 0.466. The van der Waals surface area contributed by atoms with Crippen molar-refractivity contribution < 1.29 is 0 Å². The SMILES string of the molecule is CNCc1cnnn1-c1c(Cl)cc(Cl)c2c1N=S=N2. The van der Waals surface area contributed by atoms with E-state index in [0.717, 1.165) is 17.0 Å². The van der Waals surface area contributed by atoms with Gasteiger partial charge in [0.25, 0.3) is 0 Å². The first-order valence-corrected chi connectivity index (χ1v) is 6.86. The first kappa shape index (κ1) is 12.7. The molecule has 1 aromatic carbocycles. The Morgan fingerprint density at radius 1 is 1.26 bits per heavy atom. The van der Waals surface area contributed by atoms with Crippen molar-refractivity contribution in [3.05, 3.63) is 28.0 Å². The Labute approximate surface area is 122 Å². The number of nitrogens with one attached hydrogen (secondary N) is 1. The third-order valence-electron chi connectivity index (χ3n) is 2.61. The summed E-state index contributed by atoms with van der Waals surface area (Å²) in [6.45, 7) is 0.616. The molecule has 3 rings (SSSR count). The Morgan fingerprint density at radius 2 is 2.05 bits per heavy atom. The molecule has 0 bridgehead atoms. The zero-order valence-electron chi connectivity index (χ0n) is 9.76. The number of rotatable bonds is 3. The molecule has 0 radical (unpaired) electrons. The lowest BCUT2D eigenvalue weighted by Crippen LogP contribution is -2.11. The van der Waals surface area contributed by atoms with E-state index in [1.54, 1.807) is 16.9 Å². The second-order valence-electron chi connectivity index (χ2n) is 3.82. The van der Waals surface area contributed by atoms with Crippen LogP contribution >= 0.6 is 23.2 Å². The van der Waals surface area contributed by atoms with Gasteiger partial charge < -0.3 is 5.32 Å². The van der Waals surface area contributed by atoms with Gasteiger partial charge in [-0.3, -0.25) is 0 Å². The fourth-order valence-electron chi connectivity index (χ4n) is 1.81. The van der Waals surface area contributed by atoms with E-state index in [2.05, 4.69) is 24.4 Å². The van der Waals surface area contributed by atoms with Gasteiger partial charge in [-0.1, -0.05) is 28.4 Å². The minimum Gasteiger partial charge on any atom is -0.314 e. The van der Waals surface area contributed by atoms with Gasteiger partial charge in [-0.05, 0) is 13.1 Å². The maximum Gasteiger partial charge on any atom is 0.133 e. The molecule has 0 unspecified atom stereocenters. The molecule has 98 valence electrons. The first-order chi connectivity index (χ1) is 9.22. The van der Waals surface area contributed by atoms with Crippen LogP contribution in [0, 0.1) is 0 Å². The minimum atomic E-state index is 0.466. The molecule has 0 saturated carbocycles. The predicted octanol–water partition coefficient (Wildman–Crippen LogP) is 3.02. The quantitative estimate of drug-likeness (QED) is 0.808. The van der Waals surface area contributed by atoms with Gasteiger partial charge in [-0.2, -0.15) is 8.73 Å². The average Bonchev–Trinajstić information content (AvgIpc) is 3.00. The van der Waals surface area contributed by atoms with E-state index in [4.69, 9.17) is 23.2 Å². The van der Waals surface area contributed by atoms with Crippen molar-refractivity contribution in [1.82, 2.24) is 20.3 Å². The molecular formula is C10H8Cl2N6S. The Bertz CT molecular complexity index is 719. The second kappa shape index (κ2) is 5.01. The monoisotopic (exact) mass is 314 g/mol. The first-order valence-electron chi connectivity index (χ1n) is 5.37. The van der Waals surface area contributed by atoms with E-state index in [1.165, 1.54) is 0 Å². The molecule has 0 aliphatic carbocycles. The maximum atomic E-state index is 6.27. The number of hydrogen-bond acceptors (Lipinski definition) is 5. The molecule has 6 nitrogen and oxygen atoms in total. The van der Waals surface area contributed by atoms with Crippen molar-refractivity contribution in [1.29, 1.82) is 0 Å². The molecule has 0 atom stereocenters. The Morgan fingerprint density at radius 3 is 2.84 bits per heavy atom. The summed E-state index contributed by atoms with van der Waals surface area (Å²) in [5, 5.41) is 12.0. The van der Waals surface area contributed by atoms with E-state index < -0.39 is 0 Å². The lowest BCUT2D eigenvalue weighted by Gasteiger charge is -2.11. The summed E-state index contributed by atoms with van der Waals surface area (Å²) in [5.41, 5.74) is 2.78. The van der Waals surface area contributed by atoms with Gasteiger partial charge in [-0.15, -0.1) is 5.10 Å². The zero-order chi connectivity index (χ0) is 13.4. The maximum absolute atomic E-state index is 6.27. The predicted molar refractivity (Wildman–Crippen MR) is 75.7 cm³/mol. The molecule has 1 aliphatic heterocycles. The van der Waals surface area contributed by atoms with Crippen molar-refractivity contribution >= 4 is 45.9 Å². The van der Waals surface area contributed by atoms with Gasteiger partial charge in [0.05, 0.1) is 33.3 Å². The highest BCUT2D eigenvalue weighted by Crippen LogP contribution is 2.46. The van der Waals surface area contributed by atoms with E-state index >= 15 is 0 Å². The molecule has 0 amide bonds. The molecule has 9 heteroatoms. The number of nitrogens with zero attached hydrogens (tertiary/aromatic N) is 5. The van der Waals surface area contributed by atoms with E-state index in [9.17, 15) is 0 Å². The van der Waals surface area contributed by atoms with Crippen LogP contribution in [0.4, 0.5) is 11.4 Å². The van der Waals surface area contributed by atoms with Crippen LogP contribution < -0.4 is 5.32 Å². The van der Waals surface area contributed by atoms with Crippen molar-refractivity contribution in [2.75, 3.05) is 7.05 Å². The van der Waals surface area contributed by atoms with E-state index in [1.807, 2.05) is 7.05 Å². The van der Waals surface area contributed by atoms with Gasteiger partial charge in [0.2, 0.25) is 0 Å². The second-order valence-corrected chi connectivity index (χ2v) is 5.16. The van der Waals surface area contributed by atoms with Crippen molar-refractivity contribution in [3.63, 3.8) is 0 Å². The molecule has 19 heavy (non-hydrogen) atoms. The topological polar surface area (TPSA) is 67.5 Å². The normalized spacial score (nSPS) is 12.6. The fourth-order valence-corrected chi connectivity index (χ4v) is 3.00. The van der Waals surface area contributed by atoms with Crippen LogP contribution in [0.5, 0.6) is 0 Å². The molecule has 1 N–H and O–H groups in total. The summed E-state index contributed by atoms with van der Waals surface area (Å²) in [6.07, 6.45) is 1.67. The Balaban J connectivity index is 2.24. The molecule has 0 saturated heterocycles. The molecule has 1 aromatic heterocycles. The smallest absolute Gasteiger partial charge is 0.133 e. The third kappa shape index (κ3) is 2.08. The number of aromatic nitrogens is 3. The van der Waals surface area contributed by atoms with Gasteiger partial charge in [-0.25, -0.2) is 4.68 Å². The van der Waals surface area contributed by atoms with Crippen molar-refractivity contribution in [2.45, 2.75) is 6.54 Å².